The molecule has 0 saturated heterocycles. The Bertz CT molecular complexity index is 179. The highest BCUT2D eigenvalue weighted by atomic mass is 27.1. The van der Waals surface area contributed by atoms with Crippen LogP contribution < -0.4 is 4.43 Å². The molecule has 0 amide bonds. The van der Waals surface area contributed by atoms with Crippen LogP contribution in [0.15, 0.2) is 30.3 Å². The average molecular weight is 147 g/mol. The van der Waals surface area contributed by atoms with Gasteiger partial charge in [0, 0.05) is 0 Å². The lowest BCUT2D eigenvalue weighted by Gasteiger charge is -2.00. The monoisotopic (exact) mass is 147 g/mol. The molecule has 1 heteroatoms. The zero-order chi connectivity index (χ0) is 7.40. The van der Waals surface area contributed by atoms with E-state index in [4.69, 9.17) is 0 Å². The molecule has 0 heterocycles. The quantitative estimate of drug-likeness (QED) is 0.560. The van der Waals surface area contributed by atoms with Gasteiger partial charge < -0.3 is 0 Å². The molecule has 0 fully saturated rings. The van der Waals surface area contributed by atoms with Gasteiger partial charge in [-0.2, -0.15) is 0 Å². The first kappa shape index (κ1) is 7.86. The lowest BCUT2D eigenvalue weighted by Crippen LogP contribution is -2.15. The van der Waals surface area contributed by atoms with Crippen molar-refractivity contribution in [1.29, 1.82) is 0 Å². The molecule has 0 unspecified atom stereocenters. The maximum absolute atomic E-state index is 2.28. The number of hydrogen-bond acceptors (Lipinski definition) is 0. The van der Waals surface area contributed by atoms with E-state index in [2.05, 4.69) is 44.2 Å². The minimum Gasteiger partial charge on any atom is -0.124 e. The van der Waals surface area contributed by atoms with Gasteiger partial charge in [0.25, 0.3) is 15.2 Å². The summed E-state index contributed by atoms with van der Waals surface area (Å²) >= 11 is 0.492. The highest BCUT2D eigenvalue weighted by Gasteiger charge is 1.98. The Labute approximate surface area is 69.0 Å². The van der Waals surface area contributed by atoms with Crippen molar-refractivity contribution in [3.63, 3.8) is 0 Å². The summed E-state index contributed by atoms with van der Waals surface area (Å²) in [5.74, 6) is 0. The van der Waals surface area contributed by atoms with Gasteiger partial charge in [-0.25, -0.2) is 0 Å². The second kappa shape index (κ2) is 3.81. The number of benzene rings is 1. The van der Waals surface area contributed by atoms with Crippen LogP contribution in [0.2, 0.25) is 4.78 Å². The van der Waals surface area contributed by atoms with Gasteiger partial charge in [-0.05, 0) is 0 Å². The lowest BCUT2D eigenvalue weighted by molar-refractivity contribution is 1.07. The summed E-state index contributed by atoms with van der Waals surface area (Å²) in [7, 11) is 0. The lowest BCUT2D eigenvalue weighted by atomic mass is 10.4. The maximum atomic E-state index is 2.28. The van der Waals surface area contributed by atoms with Crippen LogP contribution in [-0.4, -0.2) is 15.2 Å². The third kappa shape index (κ3) is 2.56. The summed E-state index contributed by atoms with van der Waals surface area (Å²) in [6, 6.07) is 10.7. The fraction of sp³-hybridized carbons (Fsp3) is 0.333. The van der Waals surface area contributed by atoms with Crippen LogP contribution >= 0.6 is 0 Å². The van der Waals surface area contributed by atoms with E-state index in [9.17, 15) is 0 Å². The third-order valence-corrected chi connectivity index (χ3v) is 2.76. The molecule has 0 aromatic heterocycles. The van der Waals surface area contributed by atoms with Gasteiger partial charge in [-0.1, -0.05) is 49.0 Å². The summed E-state index contributed by atoms with van der Waals surface area (Å²) < 4.78 is 2.37. The van der Waals surface area contributed by atoms with Gasteiger partial charge in [0.05, 0.1) is 0 Å². The van der Waals surface area contributed by atoms with E-state index in [0.717, 1.165) is 4.78 Å². The molecule has 1 aromatic carbocycles. The van der Waals surface area contributed by atoms with Crippen molar-refractivity contribution in [2.45, 2.75) is 18.6 Å². The molecule has 10 heavy (non-hydrogen) atoms. The maximum Gasteiger partial charge on any atom is 0.253 e. The number of hydrogen-bond donors (Lipinski definition) is 0. The standard InChI is InChI=1S/C6H5.C3H7.Al/c1-2-4-6-5-3-1;1-3-2;/h1-5H;3H,1-2H3;. The molecule has 0 atom stereocenters. The molecule has 0 bridgehead atoms. The molecule has 1 rings (SSSR count). The van der Waals surface area contributed by atoms with E-state index < -0.39 is 0 Å². The second-order valence-corrected chi connectivity index (χ2v) is 5.15. The molecule has 0 aliphatic rings. The van der Waals surface area contributed by atoms with Crippen LogP contribution in [0, 0.1) is 0 Å². The first-order valence-electron chi connectivity index (χ1n) is 3.69. The second-order valence-electron chi connectivity index (χ2n) is 2.82. The van der Waals surface area contributed by atoms with Crippen molar-refractivity contribution in [1.82, 2.24) is 0 Å². The number of rotatable bonds is 2. The van der Waals surface area contributed by atoms with Crippen molar-refractivity contribution in [2.75, 3.05) is 0 Å². The van der Waals surface area contributed by atoms with Gasteiger partial charge >= 0.3 is 0 Å². The van der Waals surface area contributed by atoms with Crippen LogP contribution in [0.5, 0.6) is 0 Å². The van der Waals surface area contributed by atoms with Gasteiger partial charge in [0.15, 0.2) is 0 Å². The zero-order valence-corrected chi connectivity index (χ0v) is 7.70. The zero-order valence-electron chi connectivity index (χ0n) is 6.54. The van der Waals surface area contributed by atoms with Gasteiger partial charge in [-0.15, -0.1) is 4.43 Å². The fourth-order valence-electron chi connectivity index (χ4n) is 0.949. The highest BCUT2D eigenvalue weighted by molar-refractivity contribution is 6.54. The summed E-state index contributed by atoms with van der Waals surface area (Å²) in [6.45, 7) is 4.56. The Balaban J connectivity index is 2.59. The normalized spacial score (nSPS) is 9.90. The van der Waals surface area contributed by atoms with Gasteiger partial charge in [0.2, 0.25) is 0 Å². The highest BCUT2D eigenvalue weighted by Crippen LogP contribution is 1.96. The van der Waals surface area contributed by atoms with Crippen LogP contribution in [0.4, 0.5) is 0 Å². The predicted molar refractivity (Wildman–Crippen MR) is 46.9 cm³/mol. The molecule has 51 valence electrons. The Kier molecular flexibility index (Phi) is 2.99. The summed E-state index contributed by atoms with van der Waals surface area (Å²) in [5.41, 5.74) is 0. The fourth-order valence-corrected chi connectivity index (χ4v) is 2.16. The van der Waals surface area contributed by atoms with Crippen molar-refractivity contribution in [3.8, 4) is 0 Å². The minimum absolute atomic E-state index is 0.492. The van der Waals surface area contributed by atoms with Crippen LogP contribution in [0.3, 0.4) is 0 Å². The summed E-state index contributed by atoms with van der Waals surface area (Å²) in [6.07, 6.45) is 0. The van der Waals surface area contributed by atoms with E-state index in [-0.39, 0.29) is 0 Å². The Morgan fingerprint density at radius 2 is 1.70 bits per heavy atom. The third-order valence-electron chi connectivity index (χ3n) is 1.33. The van der Waals surface area contributed by atoms with E-state index in [1.165, 1.54) is 4.43 Å². The molecule has 0 N–H and O–H groups in total. The molecule has 0 saturated carbocycles. The molecular weight excluding hydrogens is 135 g/mol. The van der Waals surface area contributed by atoms with Crippen molar-refractivity contribution in [2.24, 2.45) is 0 Å². The van der Waals surface area contributed by atoms with Crippen LogP contribution in [0.1, 0.15) is 13.8 Å². The Morgan fingerprint density at radius 1 is 1.10 bits per heavy atom. The predicted octanol–water partition coefficient (Wildman–Crippen LogP) is 1.84. The van der Waals surface area contributed by atoms with Crippen molar-refractivity contribution >= 4 is 19.6 Å². The van der Waals surface area contributed by atoms with Crippen LogP contribution in [-0.2, 0) is 0 Å². The molecule has 1 aromatic rings. The van der Waals surface area contributed by atoms with Crippen LogP contribution in [0.25, 0.3) is 0 Å². The van der Waals surface area contributed by atoms with E-state index in [1.54, 1.807) is 0 Å². The first-order chi connectivity index (χ1) is 4.79. The smallest absolute Gasteiger partial charge is 0.124 e. The van der Waals surface area contributed by atoms with E-state index >= 15 is 0 Å². The van der Waals surface area contributed by atoms with Crippen molar-refractivity contribution < 1.29 is 0 Å². The average Bonchev–Trinajstić information content (AvgIpc) is 1.88. The molecule has 0 aliphatic heterocycles. The summed E-state index contributed by atoms with van der Waals surface area (Å²) in [5, 5.41) is 0. The van der Waals surface area contributed by atoms with Gasteiger partial charge in [-0.3, -0.25) is 0 Å². The topological polar surface area (TPSA) is 0 Å². The minimum atomic E-state index is 0.492. The molecule has 0 aliphatic carbocycles. The van der Waals surface area contributed by atoms with Gasteiger partial charge in [0.1, 0.15) is 0 Å². The molecular formula is C9H12Al. The largest absolute Gasteiger partial charge is 0.253 e. The van der Waals surface area contributed by atoms with E-state index in [1.807, 2.05) is 0 Å². The molecule has 0 spiro atoms. The molecule has 1 radical (unpaired) electrons. The Morgan fingerprint density at radius 3 is 2.20 bits per heavy atom. The molecule has 0 nitrogen and oxygen atoms in total. The Hall–Kier alpha value is -0.248. The SMILES string of the molecule is C[CH](C)[Al][c]1ccccc1. The van der Waals surface area contributed by atoms with E-state index in [0.29, 0.717) is 15.2 Å². The summed E-state index contributed by atoms with van der Waals surface area (Å²) in [4.78, 5) is 0. The first-order valence-corrected chi connectivity index (χ1v) is 4.93. The van der Waals surface area contributed by atoms with Crippen molar-refractivity contribution in [3.05, 3.63) is 30.3 Å².